The first-order valence-electron chi connectivity index (χ1n) is 3.94. The van der Waals surface area contributed by atoms with Gasteiger partial charge in [-0.2, -0.15) is 0 Å². The first-order chi connectivity index (χ1) is 6.19. The summed E-state index contributed by atoms with van der Waals surface area (Å²) in [5, 5.41) is 9.30. The number of benzene rings is 1. The zero-order chi connectivity index (χ0) is 9.84. The average molecular weight is 179 g/mol. The van der Waals surface area contributed by atoms with E-state index < -0.39 is 0 Å². The SMILES string of the molecule is C=CC(N)c1ccc(O)c(OC)c1. The summed E-state index contributed by atoms with van der Waals surface area (Å²) in [6, 6.07) is 4.76. The Morgan fingerprint density at radius 3 is 2.85 bits per heavy atom. The molecule has 0 amide bonds. The lowest BCUT2D eigenvalue weighted by molar-refractivity contribution is 0.373. The molecule has 3 heteroatoms. The molecule has 3 nitrogen and oxygen atoms in total. The number of phenolic OH excluding ortho intramolecular Hbond substituents is 1. The summed E-state index contributed by atoms with van der Waals surface area (Å²) in [5.41, 5.74) is 6.58. The molecule has 0 aromatic heterocycles. The number of ether oxygens (including phenoxy) is 1. The van der Waals surface area contributed by atoms with Crippen LogP contribution in [-0.2, 0) is 0 Å². The maximum Gasteiger partial charge on any atom is 0.160 e. The molecule has 13 heavy (non-hydrogen) atoms. The fraction of sp³-hybridized carbons (Fsp3) is 0.200. The van der Waals surface area contributed by atoms with Gasteiger partial charge in [-0.25, -0.2) is 0 Å². The number of rotatable bonds is 3. The molecule has 1 unspecified atom stereocenters. The van der Waals surface area contributed by atoms with Crippen molar-refractivity contribution in [3.63, 3.8) is 0 Å². The highest BCUT2D eigenvalue weighted by Crippen LogP contribution is 2.28. The molecule has 0 saturated carbocycles. The highest BCUT2D eigenvalue weighted by molar-refractivity contribution is 5.43. The van der Waals surface area contributed by atoms with Crippen molar-refractivity contribution >= 4 is 0 Å². The van der Waals surface area contributed by atoms with Crippen molar-refractivity contribution in [3.8, 4) is 11.5 Å². The summed E-state index contributed by atoms with van der Waals surface area (Å²) >= 11 is 0. The zero-order valence-electron chi connectivity index (χ0n) is 7.53. The van der Waals surface area contributed by atoms with Gasteiger partial charge in [-0.3, -0.25) is 0 Å². The van der Waals surface area contributed by atoms with Gasteiger partial charge in [0.15, 0.2) is 11.5 Å². The van der Waals surface area contributed by atoms with Gasteiger partial charge >= 0.3 is 0 Å². The normalized spacial score (nSPS) is 12.2. The Hall–Kier alpha value is -1.48. The van der Waals surface area contributed by atoms with Crippen molar-refractivity contribution in [2.24, 2.45) is 5.73 Å². The van der Waals surface area contributed by atoms with Crippen LogP contribution in [0.25, 0.3) is 0 Å². The van der Waals surface area contributed by atoms with Crippen molar-refractivity contribution in [1.82, 2.24) is 0 Å². The lowest BCUT2D eigenvalue weighted by Gasteiger charge is -2.09. The van der Waals surface area contributed by atoms with Crippen LogP contribution in [0.4, 0.5) is 0 Å². The molecule has 1 rings (SSSR count). The van der Waals surface area contributed by atoms with Crippen molar-refractivity contribution in [2.75, 3.05) is 7.11 Å². The molecule has 1 aromatic rings. The molecular formula is C10H13NO2. The molecule has 0 aliphatic heterocycles. The van der Waals surface area contributed by atoms with E-state index in [-0.39, 0.29) is 11.8 Å². The Balaban J connectivity index is 3.05. The van der Waals surface area contributed by atoms with Crippen molar-refractivity contribution in [2.45, 2.75) is 6.04 Å². The topological polar surface area (TPSA) is 55.5 Å². The highest BCUT2D eigenvalue weighted by Gasteiger charge is 2.05. The standard InChI is InChI=1S/C10H13NO2/c1-3-8(11)7-4-5-9(12)10(6-7)13-2/h3-6,8,12H,1,11H2,2H3. The summed E-state index contributed by atoms with van der Waals surface area (Å²) in [5.74, 6) is 0.539. The number of aromatic hydroxyl groups is 1. The minimum absolute atomic E-state index is 0.113. The first-order valence-corrected chi connectivity index (χ1v) is 3.94. The summed E-state index contributed by atoms with van der Waals surface area (Å²) in [6.45, 7) is 3.59. The van der Waals surface area contributed by atoms with E-state index in [2.05, 4.69) is 6.58 Å². The number of nitrogens with two attached hydrogens (primary N) is 1. The third-order valence-electron chi connectivity index (χ3n) is 1.84. The van der Waals surface area contributed by atoms with Gasteiger partial charge in [0.25, 0.3) is 0 Å². The van der Waals surface area contributed by atoms with Gasteiger partial charge < -0.3 is 15.6 Å². The molecule has 1 aromatic carbocycles. The van der Waals surface area contributed by atoms with Gasteiger partial charge in [0.1, 0.15) is 0 Å². The molecule has 0 saturated heterocycles. The van der Waals surface area contributed by atoms with Gasteiger partial charge in [-0.05, 0) is 17.7 Å². The van der Waals surface area contributed by atoms with Crippen LogP contribution in [0.1, 0.15) is 11.6 Å². The average Bonchev–Trinajstić information content (AvgIpc) is 2.17. The Morgan fingerprint density at radius 2 is 2.31 bits per heavy atom. The van der Waals surface area contributed by atoms with Crippen molar-refractivity contribution in [1.29, 1.82) is 0 Å². The lowest BCUT2D eigenvalue weighted by atomic mass is 10.1. The molecule has 0 radical (unpaired) electrons. The first kappa shape index (κ1) is 9.61. The third-order valence-corrected chi connectivity index (χ3v) is 1.84. The summed E-state index contributed by atoms with van der Waals surface area (Å²) in [7, 11) is 1.50. The minimum atomic E-state index is -0.227. The van der Waals surface area contributed by atoms with Gasteiger partial charge in [-0.15, -0.1) is 6.58 Å². The van der Waals surface area contributed by atoms with Crippen LogP contribution >= 0.6 is 0 Å². The Morgan fingerprint density at radius 1 is 1.62 bits per heavy atom. The van der Waals surface area contributed by atoms with Gasteiger partial charge in [0.2, 0.25) is 0 Å². The van der Waals surface area contributed by atoms with Crippen LogP contribution in [0.3, 0.4) is 0 Å². The number of phenols is 1. The maximum absolute atomic E-state index is 9.30. The van der Waals surface area contributed by atoms with Gasteiger partial charge in [0, 0.05) is 6.04 Å². The molecule has 0 bridgehead atoms. The van der Waals surface area contributed by atoms with E-state index in [0.29, 0.717) is 5.75 Å². The molecule has 70 valence electrons. The summed E-state index contributed by atoms with van der Waals surface area (Å²) in [6.07, 6.45) is 1.63. The summed E-state index contributed by atoms with van der Waals surface area (Å²) < 4.78 is 4.94. The molecule has 0 aliphatic rings. The monoisotopic (exact) mass is 179 g/mol. The highest BCUT2D eigenvalue weighted by atomic mass is 16.5. The molecule has 0 aliphatic carbocycles. The fourth-order valence-corrected chi connectivity index (χ4v) is 1.04. The van der Waals surface area contributed by atoms with Crippen LogP contribution in [0.2, 0.25) is 0 Å². The Bertz CT molecular complexity index is 310. The quantitative estimate of drug-likeness (QED) is 0.693. The third kappa shape index (κ3) is 2.00. The van der Waals surface area contributed by atoms with E-state index in [0.717, 1.165) is 5.56 Å². The molecule has 0 spiro atoms. The predicted octanol–water partition coefficient (Wildman–Crippen LogP) is 1.59. The molecule has 0 heterocycles. The fourth-order valence-electron chi connectivity index (χ4n) is 1.04. The smallest absolute Gasteiger partial charge is 0.160 e. The van der Waals surface area contributed by atoms with E-state index in [1.807, 2.05) is 0 Å². The second-order valence-corrected chi connectivity index (χ2v) is 2.69. The number of hydrogen-bond donors (Lipinski definition) is 2. The van der Waals surface area contributed by atoms with E-state index in [1.165, 1.54) is 7.11 Å². The lowest BCUT2D eigenvalue weighted by Crippen LogP contribution is -2.06. The van der Waals surface area contributed by atoms with Crippen LogP contribution < -0.4 is 10.5 Å². The molecule has 3 N–H and O–H groups in total. The van der Waals surface area contributed by atoms with Crippen molar-refractivity contribution < 1.29 is 9.84 Å². The van der Waals surface area contributed by atoms with Crippen LogP contribution in [-0.4, -0.2) is 12.2 Å². The number of hydrogen-bond acceptors (Lipinski definition) is 3. The Kier molecular flexibility index (Phi) is 2.93. The largest absolute Gasteiger partial charge is 0.504 e. The predicted molar refractivity (Wildman–Crippen MR) is 51.8 cm³/mol. The molecule has 0 fully saturated rings. The molecule has 1 atom stereocenters. The van der Waals surface area contributed by atoms with Crippen molar-refractivity contribution in [3.05, 3.63) is 36.4 Å². The van der Waals surface area contributed by atoms with E-state index >= 15 is 0 Å². The zero-order valence-corrected chi connectivity index (χ0v) is 7.53. The second-order valence-electron chi connectivity index (χ2n) is 2.69. The van der Waals surface area contributed by atoms with Gasteiger partial charge in [0.05, 0.1) is 7.11 Å². The summed E-state index contributed by atoms with van der Waals surface area (Å²) in [4.78, 5) is 0. The van der Waals surface area contributed by atoms with Gasteiger partial charge in [-0.1, -0.05) is 12.1 Å². The molecular weight excluding hydrogens is 166 g/mol. The second kappa shape index (κ2) is 3.96. The van der Waals surface area contributed by atoms with E-state index in [4.69, 9.17) is 10.5 Å². The van der Waals surface area contributed by atoms with E-state index in [1.54, 1.807) is 24.3 Å². The van der Waals surface area contributed by atoms with E-state index in [9.17, 15) is 5.11 Å². The maximum atomic E-state index is 9.30. The van der Waals surface area contributed by atoms with Crippen LogP contribution in [0, 0.1) is 0 Å². The van der Waals surface area contributed by atoms with Crippen LogP contribution in [0.15, 0.2) is 30.9 Å². The van der Waals surface area contributed by atoms with Crippen LogP contribution in [0.5, 0.6) is 11.5 Å². The number of methoxy groups -OCH3 is 1. The minimum Gasteiger partial charge on any atom is -0.504 e. The Labute approximate surface area is 77.4 Å².